The van der Waals surface area contributed by atoms with Gasteiger partial charge in [0.25, 0.3) is 5.91 Å². The van der Waals surface area contributed by atoms with Crippen LogP contribution in [0.4, 0.5) is 11.6 Å². The third-order valence-electron chi connectivity index (χ3n) is 5.68. The summed E-state index contributed by atoms with van der Waals surface area (Å²) in [6.45, 7) is 2.80. The molecular weight excluding hydrogens is 422 g/mol. The van der Waals surface area contributed by atoms with E-state index in [1.807, 2.05) is 17.0 Å². The molecule has 1 aromatic heterocycles. The van der Waals surface area contributed by atoms with E-state index >= 15 is 0 Å². The predicted octanol–water partition coefficient (Wildman–Crippen LogP) is 2.35. The molecular formula is C24H23N5O4. The van der Waals surface area contributed by atoms with Crippen molar-refractivity contribution in [3.05, 3.63) is 72.1 Å². The Balaban J connectivity index is 1.15. The summed E-state index contributed by atoms with van der Waals surface area (Å²) >= 11 is 0. The summed E-state index contributed by atoms with van der Waals surface area (Å²) in [5, 5.41) is 2.87. The average Bonchev–Trinajstić information content (AvgIpc) is 3.35. The Morgan fingerprint density at radius 1 is 0.909 bits per heavy atom. The van der Waals surface area contributed by atoms with Crippen LogP contribution in [0.2, 0.25) is 0 Å². The lowest BCUT2D eigenvalue weighted by atomic mass is 10.1. The molecule has 3 aromatic rings. The summed E-state index contributed by atoms with van der Waals surface area (Å²) in [4.78, 5) is 37.9. The van der Waals surface area contributed by atoms with E-state index in [1.54, 1.807) is 48.8 Å². The Morgan fingerprint density at radius 3 is 2.42 bits per heavy atom. The summed E-state index contributed by atoms with van der Waals surface area (Å²) in [5.74, 6) is 1.52. The number of rotatable bonds is 5. The lowest BCUT2D eigenvalue weighted by Crippen LogP contribution is -2.49. The molecule has 168 valence electrons. The molecule has 1 fully saturated rings. The second-order valence-electron chi connectivity index (χ2n) is 7.78. The standard InChI is InChI=1S/C24H23N5O4/c30-21(28-11-13-29(14-12-28)24-25-9-2-10-26-24)15-17-5-7-18(8-6-17)27-23(31)19-3-1-4-20-22(19)33-16-32-20/h1-10H,11-16H2,(H,27,31). The lowest BCUT2D eigenvalue weighted by Gasteiger charge is -2.34. The highest BCUT2D eigenvalue weighted by molar-refractivity contribution is 6.06. The summed E-state index contributed by atoms with van der Waals surface area (Å²) in [6.07, 6.45) is 3.76. The minimum Gasteiger partial charge on any atom is -0.454 e. The Morgan fingerprint density at radius 2 is 1.67 bits per heavy atom. The molecule has 2 aliphatic heterocycles. The van der Waals surface area contributed by atoms with Crippen LogP contribution in [0.25, 0.3) is 0 Å². The maximum Gasteiger partial charge on any atom is 0.259 e. The molecule has 0 atom stereocenters. The molecule has 2 aromatic carbocycles. The van der Waals surface area contributed by atoms with Gasteiger partial charge >= 0.3 is 0 Å². The van der Waals surface area contributed by atoms with Crippen molar-refractivity contribution >= 4 is 23.5 Å². The second-order valence-corrected chi connectivity index (χ2v) is 7.78. The van der Waals surface area contributed by atoms with E-state index in [-0.39, 0.29) is 18.6 Å². The first-order chi connectivity index (χ1) is 16.2. The number of aromatic nitrogens is 2. The lowest BCUT2D eigenvalue weighted by molar-refractivity contribution is -0.130. The van der Waals surface area contributed by atoms with Crippen molar-refractivity contribution in [2.24, 2.45) is 0 Å². The van der Waals surface area contributed by atoms with E-state index in [4.69, 9.17) is 9.47 Å². The van der Waals surface area contributed by atoms with E-state index in [0.717, 1.165) is 5.56 Å². The molecule has 9 heteroatoms. The van der Waals surface area contributed by atoms with Crippen LogP contribution in [-0.4, -0.2) is 59.7 Å². The van der Waals surface area contributed by atoms with Crippen LogP contribution in [-0.2, 0) is 11.2 Å². The highest BCUT2D eigenvalue weighted by Crippen LogP contribution is 2.35. The van der Waals surface area contributed by atoms with Gasteiger partial charge in [0.2, 0.25) is 18.6 Å². The summed E-state index contributed by atoms with van der Waals surface area (Å²) in [7, 11) is 0. The van der Waals surface area contributed by atoms with Gasteiger partial charge < -0.3 is 24.6 Å². The number of hydrogen-bond acceptors (Lipinski definition) is 7. The zero-order valence-electron chi connectivity index (χ0n) is 17.9. The van der Waals surface area contributed by atoms with Crippen molar-refractivity contribution < 1.29 is 19.1 Å². The third kappa shape index (κ3) is 4.57. The molecule has 1 N–H and O–H groups in total. The van der Waals surface area contributed by atoms with Gasteiger partial charge in [-0.05, 0) is 35.9 Å². The monoisotopic (exact) mass is 445 g/mol. The Labute approximate surface area is 191 Å². The number of amides is 2. The normalized spacial score (nSPS) is 14.8. The van der Waals surface area contributed by atoms with E-state index in [1.165, 1.54) is 0 Å². The first-order valence-electron chi connectivity index (χ1n) is 10.8. The number of ether oxygens (including phenoxy) is 2. The van der Waals surface area contributed by atoms with Gasteiger partial charge in [-0.3, -0.25) is 9.59 Å². The molecule has 5 rings (SSSR count). The molecule has 33 heavy (non-hydrogen) atoms. The molecule has 0 radical (unpaired) electrons. The number of piperazine rings is 1. The molecule has 3 heterocycles. The fraction of sp³-hybridized carbons (Fsp3) is 0.250. The van der Waals surface area contributed by atoms with Crippen molar-refractivity contribution in [3.8, 4) is 11.5 Å². The number of carbonyl (C=O) groups excluding carboxylic acids is 2. The summed E-state index contributed by atoms with van der Waals surface area (Å²) in [5.41, 5.74) is 1.96. The molecule has 0 unspecified atom stereocenters. The number of para-hydroxylation sites is 1. The Bertz CT molecular complexity index is 1150. The number of nitrogens with zero attached hydrogens (tertiary/aromatic N) is 4. The number of carbonyl (C=O) groups is 2. The first-order valence-corrected chi connectivity index (χ1v) is 10.8. The maximum absolute atomic E-state index is 12.7. The SMILES string of the molecule is O=C(Nc1ccc(CC(=O)N2CCN(c3ncccn3)CC2)cc1)c1cccc2c1OCO2. The van der Waals surface area contributed by atoms with Crippen molar-refractivity contribution in [1.29, 1.82) is 0 Å². The Kier molecular flexibility index (Phi) is 5.75. The van der Waals surface area contributed by atoms with E-state index in [0.29, 0.717) is 61.3 Å². The van der Waals surface area contributed by atoms with Gasteiger partial charge in [-0.25, -0.2) is 9.97 Å². The third-order valence-corrected chi connectivity index (χ3v) is 5.68. The zero-order valence-corrected chi connectivity index (χ0v) is 17.9. The van der Waals surface area contributed by atoms with Gasteiger partial charge in [-0.15, -0.1) is 0 Å². The first kappa shape index (κ1) is 20.7. The van der Waals surface area contributed by atoms with E-state index in [9.17, 15) is 9.59 Å². The Hall–Kier alpha value is -4.14. The molecule has 0 saturated carbocycles. The fourth-order valence-electron chi connectivity index (χ4n) is 3.91. The maximum atomic E-state index is 12.7. The van der Waals surface area contributed by atoms with E-state index < -0.39 is 0 Å². The summed E-state index contributed by atoms with van der Waals surface area (Å²) in [6, 6.07) is 14.3. The molecule has 2 amide bonds. The second kappa shape index (κ2) is 9.15. The van der Waals surface area contributed by atoms with Crippen LogP contribution in [0.5, 0.6) is 11.5 Å². The van der Waals surface area contributed by atoms with Crippen molar-refractivity contribution in [2.45, 2.75) is 6.42 Å². The highest BCUT2D eigenvalue weighted by Gasteiger charge is 2.23. The molecule has 0 bridgehead atoms. The van der Waals surface area contributed by atoms with Gasteiger partial charge in [-0.1, -0.05) is 18.2 Å². The molecule has 0 aliphatic carbocycles. The largest absolute Gasteiger partial charge is 0.454 e. The minimum atomic E-state index is -0.276. The molecule has 0 spiro atoms. The molecule has 9 nitrogen and oxygen atoms in total. The number of benzene rings is 2. The van der Waals surface area contributed by atoms with Crippen molar-refractivity contribution in [3.63, 3.8) is 0 Å². The minimum absolute atomic E-state index is 0.0809. The molecule has 2 aliphatic rings. The number of hydrogen-bond donors (Lipinski definition) is 1. The predicted molar refractivity (Wildman–Crippen MR) is 121 cm³/mol. The number of fused-ring (bicyclic) bond motifs is 1. The van der Waals surface area contributed by atoms with Crippen molar-refractivity contribution in [1.82, 2.24) is 14.9 Å². The van der Waals surface area contributed by atoms with Crippen LogP contribution >= 0.6 is 0 Å². The topological polar surface area (TPSA) is 96.9 Å². The average molecular weight is 445 g/mol. The van der Waals surface area contributed by atoms with Gasteiger partial charge in [0, 0.05) is 44.3 Å². The quantitative estimate of drug-likeness (QED) is 0.644. The number of anilines is 2. The smallest absolute Gasteiger partial charge is 0.259 e. The van der Waals surface area contributed by atoms with E-state index in [2.05, 4.69) is 20.2 Å². The van der Waals surface area contributed by atoms with Gasteiger partial charge in [0.1, 0.15) is 0 Å². The fourth-order valence-corrected chi connectivity index (χ4v) is 3.91. The van der Waals surface area contributed by atoms with Crippen LogP contribution in [0.3, 0.4) is 0 Å². The van der Waals surface area contributed by atoms with Crippen LogP contribution < -0.4 is 19.7 Å². The highest BCUT2D eigenvalue weighted by atomic mass is 16.7. The van der Waals surface area contributed by atoms with Crippen molar-refractivity contribution in [2.75, 3.05) is 43.2 Å². The van der Waals surface area contributed by atoms with Crippen LogP contribution in [0.15, 0.2) is 60.9 Å². The van der Waals surface area contributed by atoms with Gasteiger partial charge in [-0.2, -0.15) is 0 Å². The van der Waals surface area contributed by atoms with Gasteiger partial charge in [0.05, 0.1) is 12.0 Å². The number of nitrogens with one attached hydrogen (secondary N) is 1. The summed E-state index contributed by atoms with van der Waals surface area (Å²) < 4.78 is 10.7. The van der Waals surface area contributed by atoms with Crippen LogP contribution in [0, 0.1) is 0 Å². The molecule has 1 saturated heterocycles. The van der Waals surface area contributed by atoms with Gasteiger partial charge in [0.15, 0.2) is 11.5 Å². The van der Waals surface area contributed by atoms with Crippen LogP contribution in [0.1, 0.15) is 15.9 Å². The zero-order chi connectivity index (χ0) is 22.6.